The fourth-order valence-electron chi connectivity index (χ4n) is 1.53. The highest BCUT2D eigenvalue weighted by molar-refractivity contribution is 7.90. The third kappa shape index (κ3) is 3.97. The third-order valence-corrected chi connectivity index (χ3v) is 4.47. The van der Waals surface area contributed by atoms with Gasteiger partial charge in [0.2, 0.25) is 5.82 Å². The number of hydrogen-bond donors (Lipinski definition) is 2. The predicted octanol–water partition coefficient (Wildman–Crippen LogP) is 0.993. The molecule has 0 atom stereocenters. The topological polar surface area (TPSA) is 123 Å². The highest BCUT2D eigenvalue weighted by Crippen LogP contribution is 2.17. The molecule has 0 radical (unpaired) electrons. The van der Waals surface area contributed by atoms with Gasteiger partial charge in [-0.3, -0.25) is 10.1 Å². The van der Waals surface area contributed by atoms with Crippen LogP contribution in [0.2, 0.25) is 10.3 Å². The zero-order valence-corrected chi connectivity index (χ0v) is 13.8. The lowest BCUT2D eigenvalue weighted by Crippen LogP contribution is -2.37. The summed E-state index contributed by atoms with van der Waals surface area (Å²) in [6, 6.07) is 1.31. The highest BCUT2D eigenvalue weighted by Gasteiger charge is 2.22. The number of urea groups is 1. The maximum Gasteiger partial charge on any atom is 0.334 e. The van der Waals surface area contributed by atoms with Gasteiger partial charge in [0.05, 0.1) is 0 Å². The number of halogens is 2. The molecule has 0 saturated heterocycles. The number of aromatic nitrogens is 3. The molecule has 12 heteroatoms. The number of amides is 2. The van der Waals surface area contributed by atoms with E-state index in [0.717, 1.165) is 4.57 Å². The van der Waals surface area contributed by atoms with Crippen molar-refractivity contribution in [2.24, 2.45) is 7.05 Å². The Morgan fingerprint density at radius 2 is 2.04 bits per heavy atom. The van der Waals surface area contributed by atoms with Crippen LogP contribution >= 0.6 is 23.2 Å². The lowest BCUT2D eigenvalue weighted by atomic mass is 10.5. The number of aryl methyl sites for hydroxylation is 1. The van der Waals surface area contributed by atoms with Crippen molar-refractivity contribution in [1.82, 2.24) is 19.3 Å². The van der Waals surface area contributed by atoms with Crippen LogP contribution in [0.15, 0.2) is 34.2 Å². The van der Waals surface area contributed by atoms with Crippen LogP contribution in [0.3, 0.4) is 0 Å². The molecule has 0 saturated carbocycles. The summed E-state index contributed by atoms with van der Waals surface area (Å²) in [5.41, 5.74) is -0.665. The first kappa shape index (κ1) is 17.2. The first-order valence-corrected chi connectivity index (χ1v) is 8.12. The van der Waals surface area contributed by atoms with Crippen LogP contribution in [0.1, 0.15) is 0 Å². The zero-order chi connectivity index (χ0) is 17.2. The van der Waals surface area contributed by atoms with Crippen molar-refractivity contribution < 1.29 is 13.2 Å². The minimum Gasteiger partial charge on any atom is -0.312 e. The van der Waals surface area contributed by atoms with E-state index in [9.17, 15) is 18.0 Å². The molecule has 0 unspecified atom stereocenters. The first-order chi connectivity index (χ1) is 10.7. The number of hydrogen-bond acceptors (Lipinski definition) is 6. The molecular weight excluding hydrogens is 369 g/mol. The van der Waals surface area contributed by atoms with E-state index < -0.39 is 27.4 Å². The lowest BCUT2D eigenvalue weighted by Gasteiger charge is -2.09. The normalized spacial score (nSPS) is 11.1. The van der Waals surface area contributed by atoms with Gasteiger partial charge in [-0.2, -0.15) is 0 Å². The predicted molar refractivity (Wildman–Crippen MR) is 83.1 cm³/mol. The highest BCUT2D eigenvalue weighted by atomic mass is 35.5. The summed E-state index contributed by atoms with van der Waals surface area (Å²) in [6.45, 7) is 0. The van der Waals surface area contributed by atoms with E-state index in [1.807, 2.05) is 5.32 Å². The van der Waals surface area contributed by atoms with Gasteiger partial charge < -0.3 is 4.57 Å². The average Bonchev–Trinajstić information content (AvgIpc) is 2.43. The van der Waals surface area contributed by atoms with E-state index in [2.05, 4.69) is 9.97 Å². The Bertz CT molecular complexity index is 928. The van der Waals surface area contributed by atoms with Gasteiger partial charge in [0.15, 0.2) is 0 Å². The Hall–Kier alpha value is -2.17. The molecule has 0 aromatic carbocycles. The van der Waals surface area contributed by atoms with Crippen molar-refractivity contribution >= 4 is 45.1 Å². The first-order valence-electron chi connectivity index (χ1n) is 5.88. The standard InChI is InChI=1S/C11H9Cl2N5O4S/c1-18-5-7(12)15-9(10(18)19)16-11(20)17-23(21,22)6-3-2-4-14-8(6)13/h2-5H,1H3,(H2,15,16,17,20). The van der Waals surface area contributed by atoms with Crippen LogP contribution in [0.25, 0.3) is 0 Å². The van der Waals surface area contributed by atoms with Crippen molar-refractivity contribution in [1.29, 1.82) is 0 Å². The molecule has 0 aliphatic rings. The van der Waals surface area contributed by atoms with Gasteiger partial charge in [-0.15, -0.1) is 0 Å². The Balaban J connectivity index is 2.24. The van der Waals surface area contributed by atoms with Crippen molar-refractivity contribution in [2.45, 2.75) is 4.90 Å². The second-order valence-electron chi connectivity index (χ2n) is 4.18. The Kier molecular flexibility index (Phi) is 4.88. The molecule has 0 spiro atoms. The number of sulfonamides is 1. The van der Waals surface area contributed by atoms with Gasteiger partial charge in [-0.25, -0.2) is 27.9 Å². The summed E-state index contributed by atoms with van der Waals surface area (Å²) in [5.74, 6) is -0.426. The molecule has 2 aromatic rings. The fraction of sp³-hybridized carbons (Fsp3) is 0.0909. The molecule has 0 aliphatic carbocycles. The second kappa shape index (κ2) is 6.52. The molecular formula is C11H9Cl2N5O4S. The molecule has 23 heavy (non-hydrogen) atoms. The number of anilines is 1. The smallest absolute Gasteiger partial charge is 0.312 e. The van der Waals surface area contributed by atoms with E-state index in [4.69, 9.17) is 23.2 Å². The van der Waals surface area contributed by atoms with Gasteiger partial charge in [0.1, 0.15) is 15.2 Å². The third-order valence-electron chi connectivity index (χ3n) is 2.52. The Morgan fingerprint density at radius 1 is 1.35 bits per heavy atom. The van der Waals surface area contributed by atoms with Gasteiger partial charge in [0.25, 0.3) is 15.6 Å². The van der Waals surface area contributed by atoms with E-state index in [1.54, 1.807) is 4.72 Å². The Morgan fingerprint density at radius 3 is 2.70 bits per heavy atom. The molecule has 0 bridgehead atoms. The number of nitrogens with zero attached hydrogens (tertiary/aromatic N) is 3. The van der Waals surface area contributed by atoms with Crippen LogP contribution in [0, 0.1) is 0 Å². The fourth-order valence-corrected chi connectivity index (χ4v) is 3.12. The van der Waals surface area contributed by atoms with E-state index in [-0.39, 0.29) is 15.2 Å². The quantitative estimate of drug-likeness (QED) is 0.768. The number of pyridine rings is 1. The van der Waals surface area contributed by atoms with Crippen LogP contribution in [-0.2, 0) is 17.1 Å². The summed E-state index contributed by atoms with van der Waals surface area (Å²) >= 11 is 11.3. The maximum absolute atomic E-state index is 12.0. The molecule has 2 N–H and O–H groups in total. The van der Waals surface area contributed by atoms with Gasteiger partial charge in [0, 0.05) is 19.4 Å². The molecule has 9 nitrogen and oxygen atoms in total. The van der Waals surface area contributed by atoms with Crippen molar-refractivity contribution in [2.75, 3.05) is 5.32 Å². The molecule has 0 aliphatic heterocycles. The maximum atomic E-state index is 12.0. The molecule has 2 amide bonds. The van der Waals surface area contributed by atoms with Gasteiger partial charge >= 0.3 is 6.03 Å². The van der Waals surface area contributed by atoms with Crippen LogP contribution in [0.5, 0.6) is 0 Å². The summed E-state index contributed by atoms with van der Waals surface area (Å²) in [5, 5.41) is 1.66. The largest absolute Gasteiger partial charge is 0.334 e. The van der Waals surface area contributed by atoms with Crippen molar-refractivity contribution in [3.63, 3.8) is 0 Å². The van der Waals surface area contributed by atoms with E-state index >= 15 is 0 Å². The van der Waals surface area contributed by atoms with E-state index in [1.165, 1.54) is 31.6 Å². The number of nitrogens with one attached hydrogen (secondary N) is 2. The summed E-state index contributed by atoms with van der Waals surface area (Å²) < 4.78 is 26.9. The number of carbonyl (C=O) groups is 1. The number of rotatable bonds is 3. The van der Waals surface area contributed by atoms with Crippen LogP contribution < -0.4 is 15.6 Å². The van der Waals surface area contributed by atoms with Gasteiger partial charge in [-0.1, -0.05) is 23.2 Å². The minimum absolute atomic E-state index is 0.0550. The second-order valence-corrected chi connectivity index (χ2v) is 6.58. The van der Waals surface area contributed by atoms with Crippen molar-refractivity contribution in [3.8, 4) is 0 Å². The van der Waals surface area contributed by atoms with Gasteiger partial charge in [-0.05, 0) is 12.1 Å². The molecule has 2 heterocycles. The number of carbonyl (C=O) groups excluding carboxylic acids is 1. The SMILES string of the molecule is Cn1cc(Cl)nc(NC(=O)NS(=O)(=O)c2cccnc2Cl)c1=O. The minimum atomic E-state index is -4.27. The van der Waals surface area contributed by atoms with Crippen LogP contribution in [0.4, 0.5) is 10.6 Å². The average molecular weight is 378 g/mol. The molecule has 2 rings (SSSR count). The molecule has 0 fully saturated rings. The zero-order valence-electron chi connectivity index (χ0n) is 11.4. The molecule has 2 aromatic heterocycles. The molecule has 122 valence electrons. The van der Waals surface area contributed by atoms with E-state index in [0.29, 0.717) is 0 Å². The summed E-state index contributed by atoms with van der Waals surface area (Å²) in [6.07, 6.45) is 2.53. The Labute approximate surface area is 140 Å². The summed E-state index contributed by atoms with van der Waals surface area (Å²) in [4.78, 5) is 30.4. The monoisotopic (exact) mass is 377 g/mol. The van der Waals surface area contributed by atoms with Crippen LogP contribution in [-0.4, -0.2) is 29.0 Å². The van der Waals surface area contributed by atoms with Crippen molar-refractivity contribution in [3.05, 3.63) is 45.2 Å². The summed E-state index contributed by atoms with van der Waals surface area (Å²) in [7, 11) is -2.88. The lowest BCUT2D eigenvalue weighted by molar-refractivity contribution is 0.256.